The van der Waals surface area contributed by atoms with Crippen molar-refractivity contribution in [3.63, 3.8) is 0 Å². The molecule has 1 atom stereocenters. The van der Waals surface area contributed by atoms with E-state index >= 15 is 0 Å². The highest BCUT2D eigenvalue weighted by Crippen LogP contribution is 2.23. The van der Waals surface area contributed by atoms with Crippen molar-refractivity contribution in [1.82, 2.24) is 0 Å². The molecule has 0 amide bonds. The minimum absolute atomic E-state index is 0.475. The lowest BCUT2D eigenvalue weighted by atomic mass is 10.1. The summed E-state index contributed by atoms with van der Waals surface area (Å²) in [5.41, 5.74) is 0. The molecule has 0 aliphatic carbocycles. The molecule has 1 nitrogen and oxygen atoms in total. The summed E-state index contributed by atoms with van der Waals surface area (Å²) in [4.78, 5) is 0. The van der Waals surface area contributed by atoms with Crippen molar-refractivity contribution in [2.24, 2.45) is 0 Å². The molecule has 0 bridgehead atoms. The maximum Gasteiger partial charge on any atom is 0.173 e. The van der Waals surface area contributed by atoms with Crippen LogP contribution in [0.2, 0.25) is 32.7 Å². The van der Waals surface area contributed by atoms with Crippen molar-refractivity contribution < 1.29 is 4.43 Å². The summed E-state index contributed by atoms with van der Waals surface area (Å²) in [6.07, 6.45) is 14.5. The minimum Gasteiger partial charge on any atom is -0.417 e. The van der Waals surface area contributed by atoms with Gasteiger partial charge in [-0.3, -0.25) is 0 Å². The third-order valence-corrected chi connectivity index (χ3v) is 20.8. The first kappa shape index (κ1) is 21.4. The van der Waals surface area contributed by atoms with Crippen LogP contribution >= 0.6 is 0 Å². The summed E-state index contributed by atoms with van der Waals surface area (Å²) in [6, 6.07) is 0. The molecule has 0 radical (unpaired) electrons. The molecule has 0 rings (SSSR count). The van der Waals surface area contributed by atoms with Crippen LogP contribution in [0, 0.1) is 0 Å². The van der Waals surface area contributed by atoms with Gasteiger partial charge in [-0.15, -0.1) is 0 Å². The van der Waals surface area contributed by atoms with Gasteiger partial charge in [0.1, 0.15) is 0 Å². The Balaban J connectivity index is 3.56. The lowest BCUT2D eigenvalue weighted by molar-refractivity contribution is 0.203. The fourth-order valence-corrected chi connectivity index (χ4v) is 5.62. The van der Waals surface area contributed by atoms with Crippen LogP contribution in [0.5, 0.6) is 0 Å². The van der Waals surface area contributed by atoms with E-state index in [1.54, 1.807) is 0 Å². The molecular formula is C18H42OSi2. The van der Waals surface area contributed by atoms with Crippen LogP contribution < -0.4 is 0 Å². The van der Waals surface area contributed by atoms with Crippen LogP contribution in [-0.2, 0) is 4.43 Å². The van der Waals surface area contributed by atoms with E-state index in [4.69, 9.17) is 4.43 Å². The largest absolute Gasteiger partial charge is 0.417 e. The Morgan fingerprint density at radius 2 is 1.14 bits per heavy atom. The molecule has 0 aromatic heterocycles. The summed E-state index contributed by atoms with van der Waals surface area (Å²) in [6.45, 7) is 16.8. The fourth-order valence-electron chi connectivity index (χ4n) is 2.48. The number of unbranched alkanes of at least 4 members (excludes halogenated alkanes) is 8. The van der Waals surface area contributed by atoms with Crippen molar-refractivity contribution >= 4 is 15.4 Å². The predicted molar refractivity (Wildman–Crippen MR) is 103 cm³/mol. The fraction of sp³-hybridized carbons (Fsp3) is 1.00. The highest BCUT2D eigenvalue weighted by molar-refractivity contribution is 7.37. The highest BCUT2D eigenvalue weighted by Gasteiger charge is 2.39. The Morgan fingerprint density at radius 1 is 0.714 bits per heavy atom. The third-order valence-electron chi connectivity index (χ3n) is 5.02. The summed E-state index contributed by atoms with van der Waals surface area (Å²) in [7, 11) is -2.53. The van der Waals surface area contributed by atoms with Crippen LogP contribution in [0.4, 0.5) is 0 Å². The molecule has 0 heterocycles. The van der Waals surface area contributed by atoms with Gasteiger partial charge >= 0.3 is 0 Å². The quantitative estimate of drug-likeness (QED) is 0.263. The zero-order valence-electron chi connectivity index (χ0n) is 16.1. The third kappa shape index (κ3) is 10.7. The summed E-state index contributed by atoms with van der Waals surface area (Å²) in [5.74, 6) is 0. The number of hydrogen-bond acceptors (Lipinski definition) is 1. The summed E-state index contributed by atoms with van der Waals surface area (Å²) in [5, 5.41) is 0. The molecule has 0 aromatic rings. The molecule has 0 aliphatic heterocycles. The van der Waals surface area contributed by atoms with Gasteiger partial charge in [0, 0.05) is 6.10 Å². The second kappa shape index (κ2) is 11.0. The number of rotatable bonds is 13. The van der Waals surface area contributed by atoms with E-state index in [2.05, 4.69) is 46.6 Å². The van der Waals surface area contributed by atoms with Crippen molar-refractivity contribution in [1.29, 1.82) is 0 Å². The van der Waals surface area contributed by atoms with E-state index in [9.17, 15) is 0 Å². The zero-order chi connectivity index (χ0) is 16.4. The smallest absolute Gasteiger partial charge is 0.173 e. The average molecular weight is 331 g/mol. The van der Waals surface area contributed by atoms with Gasteiger partial charge < -0.3 is 4.43 Å². The lowest BCUT2D eigenvalue weighted by Crippen LogP contribution is -2.56. The van der Waals surface area contributed by atoms with E-state index in [1.165, 1.54) is 64.2 Å². The van der Waals surface area contributed by atoms with Crippen LogP contribution in [-0.4, -0.2) is 21.5 Å². The second-order valence-corrected chi connectivity index (χ2v) is 24.2. The molecule has 0 fully saturated rings. The Labute approximate surface area is 137 Å². The lowest BCUT2D eigenvalue weighted by Gasteiger charge is -2.37. The van der Waals surface area contributed by atoms with Crippen molar-refractivity contribution in [3.8, 4) is 0 Å². The van der Waals surface area contributed by atoms with Crippen LogP contribution in [0.3, 0.4) is 0 Å². The minimum atomic E-state index is -1.42. The Hall–Kier alpha value is 0.394. The van der Waals surface area contributed by atoms with Crippen molar-refractivity contribution in [2.45, 2.75) is 117 Å². The van der Waals surface area contributed by atoms with E-state index in [0.717, 1.165) is 0 Å². The normalized spacial score (nSPS) is 14.4. The summed E-state index contributed by atoms with van der Waals surface area (Å²) >= 11 is 0. The molecular weight excluding hydrogens is 288 g/mol. The molecule has 0 saturated heterocycles. The van der Waals surface area contributed by atoms with Gasteiger partial charge in [-0.05, 0) is 26.4 Å². The zero-order valence-corrected chi connectivity index (χ0v) is 18.1. The van der Waals surface area contributed by atoms with Crippen molar-refractivity contribution in [3.05, 3.63) is 0 Å². The van der Waals surface area contributed by atoms with E-state index < -0.39 is 15.4 Å². The maximum atomic E-state index is 6.47. The van der Waals surface area contributed by atoms with Crippen LogP contribution in [0.15, 0.2) is 0 Å². The maximum absolute atomic E-state index is 6.47. The molecule has 128 valence electrons. The monoisotopic (exact) mass is 330 g/mol. The van der Waals surface area contributed by atoms with Crippen molar-refractivity contribution in [2.75, 3.05) is 0 Å². The van der Waals surface area contributed by atoms with Gasteiger partial charge in [0.05, 0.1) is 7.59 Å². The molecule has 0 N–H and O–H groups in total. The first-order chi connectivity index (χ1) is 9.70. The first-order valence-corrected chi connectivity index (χ1v) is 16.8. The van der Waals surface area contributed by atoms with Gasteiger partial charge in [0.25, 0.3) is 0 Å². The highest BCUT2D eigenvalue weighted by atomic mass is 29.3. The Morgan fingerprint density at radius 3 is 1.57 bits per heavy atom. The Bertz CT molecular complexity index is 246. The SMILES string of the molecule is CCCCCCCCCCCC(C)O[Si](C)(C)[Si](C)(C)C. The van der Waals surface area contributed by atoms with Gasteiger partial charge in [-0.1, -0.05) is 84.4 Å². The predicted octanol–water partition coefficient (Wildman–Crippen LogP) is 6.93. The average Bonchev–Trinajstić information content (AvgIpc) is 2.35. The van der Waals surface area contributed by atoms with Gasteiger partial charge in [0.15, 0.2) is 7.83 Å². The topological polar surface area (TPSA) is 9.23 Å². The molecule has 3 heteroatoms. The molecule has 1 unspecified atom stereocenters. The summed E-state index contributed by atoms with van der Waals surface area (Å²) < 4.78 is 6.47. The van der Waals surface area contributed by atoms with Gasteiger partial charge in [-0.2, -0.15) is 0 Å². The molecule has 21 heavy (non-hydrogen) atoms. The molecule has 0 aromatic carbocycles. The first-order valence-electron chi connectivity index (χ1n) is 9.38. The molecule has 0 saturated carbocycles. The van der Waals surface area contributed by atoms with Gasteiger partial charge in [-0.25, -0.2) is 0 Å². The van der Waals surface area contributed by atoms with E-state index in [-0.39, 0.29) is 0 Å². The molecule has 0 aliphatic rings. The number of hydrogen-bond donors (Lipinski definition) is 0. The standard InChI is InChI=1S/C18H42OSi2/c1-8-9-10-11-12-13-14-15-16-17-18(2)19-21(6,7)20(3,4)5/h18H,8-17H2,1-7H3. The van der Waals surface area contributed by atoms with Crippen LogP contribution in [0.25, 0.3) is 0 Å². The van der Waals surface area contributed by atoms with Crippen LogP contribution in [0.1, 0.15) is 78.1 Å². The Kier molecular flexibility index (Phi) is 11.2. The second-order valence-electron chi connectivity index (χ2n) is 8.31. The molecule has 0 spiro atoms. The van der Waals surface area contributed by atoms with E-state index in [0.29, 0.717) is 6.10 Å². The van der Waals surface area contributed by atoms with E-state index in [1.807, 2.05) is 0 Å². The van der Waals surface area contributed by atoms with Gasteiger partial charge in [0.2, 0.25) is 0 Å².